The quantitative estimate of drug-likeness (QED) is 0.246. The van der Waals surface area contributed by atoms with Crippen molar-refractivity contribution >= 4 is 56.2 Å². The molecule has 36 heavy (non-hydrogen) atoms. The number of carbonyl (C=O) groups is 2. The SMILES string of the molecule is O=C1OC[C@H](c2ccccc2)N1C(=O)[C@H](CCI)[C@H](NS(=O)(=O)c1ccccc1)c1ccc(Cl)cc1. The average molecular weight is 639 g/mol. The molecule has 2 amide bonds. The van der Waals surface area contributed by atoms with E-state index in [4.69, 9.17) is 16.3 Å². The van der Waals surface area contributed by atoms with Crippen LogP contribution in [0, 0.1) is 5.92 Å². The largest absolute Gasteiger partial charge is 0.446 e. The second-order valence-electron chi connectivity index (χ2n) is 8.26. The summed E-state index contributed by atoms with van der Waals surface area (Å²) in [7, 11) is -3.99. The summed E-state index contributed by atoms with van der Waals surface area (Å²) in [6.45, 7) is 0.0346. The first kappa shape index (κ1) is 26.6. The highest BCUT2D eigenvalue weighted by molar-refractivity contribution is 14.1. The van der Waals surface area contributed by atoms with Crippen LogP contribution in [0.15, 0.2) is 89.8 Å². The number of hydrogen-bond acceptors (Lipinski definition) is 5. The molecular formula is C26H24ClIN2O5S. The summed E-state index contributed by atoms with van der Waals surface area (Å²) in [5.41, 5.74) is 1.32. The molecule has 0 radical (unpaired) electrons. The van der Waals surface area contributed by atoms with Crippen molar-refractivity contribution in [1.82, 2.24) is 9.62 Å². The standard InChI is InChI=1S/C26H24ClIN2O5S/c27-20-13-11-19(12-14-20)24(29-36(33,34)21-9-5-2-6-10-21)22(15-16-28)25(31)30-23(17-35-26(30)32)18-7-3-1-4-8-18/h1-14,22-24,29H,15-17H2/t22-,23-,24-/m1/s1. The highest BCUT2D eigenvalue weighted by atomic mass is 127. The number of alkyl halides is 1. The van der Waals surface area contributed by atoms with Gasteiger partial charge in [0.05, 0.1) is 16.9 Å². The van der Waals surface area contributed by atoms with Crippen molar-refractivity contribution in [3.8, 4) is 0 Å². The van der Waals surface area contributed by atoms with Gasteiger partial charge < -0.3 is 4.74 Å². The van der Waals surface area contributed by atoms with Crippen molar-refractivity contribution in [3.05, 3.63) is 101 Å². The predicted octanol–water partition coefficient (Wildman–Crippen LogP) is 5.52. The van der Waals surface area contributed by atoms with Crippen LogP contribution < -0.4 is 4.72 Å². The highest BCUT2D eigenvalue weighted by Crippen LogP contribution is 2.35. The number of amides is 2. The molecule has 1 aliphatic heterocycles. The first-order chi connectivity index (χ1) is 17.3. The van der Waals surface area contributed by atoms with Crippen LogP contribution in [0.4, 0.5) is 4.79 Å². The van der Waals surface area contributed by atoms with E-state index in [1.807, 2.05) is 30.3 Å². The van der Waals surface area contributed by atoms with Crippen LogP contribution >= 0.6 is 34.2 Å². The van der Waals surface area contributed by atoms with Gasteiger partial charge in [-0.25, -0.2) is 22.8 Å². The number of cyclic esters (lactones) is 1. The Morgan fingerprint density at radius 2 is 1.64 bits per heavy atom. The number of nitrogens with zero attached hydrogens (tertiary/aromatic N) is 1. The Kier molecular flexibility index (Phi) is 8.66. The third kappa shape index (κ3) is 5.91. The molecule has 0 aromatic heterocycles. The third-order valence-electron chi connectivity index (χ3n) is 6.00. The third-order valence-corrected chi connectivity index (χ3v) is 8.33. The average Bonchev–Trinajstić information content (AvgIpc) is 3.28. The Hall–Kier alpha value is -2.47. The summed E-state index contributed by atoms with van der Waals surface area (Å²) in [5.74, 6) is -1.38. The molecule has 1 aliphatic rings. The Bertz CT molecular complexity index is 1310. The Labute approximate surface area is 229 Å². The van der Waals surface area contributed by atoms with Crippen molar-refractivity contribution in [2.75, 3.05) is 11.0 Å². The van der Waals surface area contributed by atoms with Crippen LogP contribution in [0.1, 0.15) is 29.6 Å². The van der Waals surface area contributed by atoms with Crippen molar-refractivity contribution < 1.29 is 22.7 Å². The second kappa shape index (κ2) is 11.7. The monoisotopic (exact) mass is 638 g/mol. The zero-order valence-electron chi connectivity index (χ0n) is 19.1. The van der Waals surface area contributed by atoms with Crippen molar-refractivity contribution in [1.29, 1.82) is 0 Å². The van der Waals surface area contributed by atoms with Crippen LogP contribution in [0.3, 0.4) is 0 Å². The molecule has 1 saturated heterocycles. The summed E-state index contributed by atoms with van der Waals surface area (Å²) in [4.78, 5) is 27.9. The molecule has 1 N–H and O–H groups in total. The molecule has 0 saturated carbocycles. The normalized spacial score (nSPS) is 17.4. The fourth-order valence-electron chi connectivity index (χ4n) is 4.20. The molecule has 10 heteroatoms. The maximum atomic E-state index is 14.0. The fraction of sp³-hybridized carbons (Fsp3) is 0.231. The van der Waals surface area contributed by atoms with E-state index in [9.17, 15) is 18.0 Å². The number of sulfonamides is 1. The van der Waals surface area contributed by atoms with E-state index < -0.39 is 40.0 Å². The number of rotatable bonds is 9. The lowest BCUT2D eigenvalue weighted by molar-refractivity contribution is -0.134. The summed E-state index contributed by atoms with van der Waals surface area (Å²) in [6.07, 6.45) is -0.414. The van der Waals surface area contributed by atoms with Gasteiger partial charge in [0, 0.05) is 9.45 Å². The smallest absolute Gasteiger partial charge is 0.417 e. The Balaban J connectivity index is 1.75. The molecule has 3 atom stereocenters. The first-order valence-corrected chi connectivity index (χ1v) is 14.6. The van der Waals surface area contributed by atoms with Gasteiger partial charge >= 0.3 is 6.09 Å². The summed E-state index contributed by atoms with van der Waals surface area (Å²) >= 11 is 8.23. The number of benzene rings is 3. The topological polar surface area (TPSA) is 92.8 Å². The number of carbonyl (C=O) groups excluding carboxylic acids is 2. The number of hydrogen-bond donors (Lipinski definition) is 1. The highest BCUT2D eigenvalue weighted by Gasteiger charge is 2.44. The van der Waals surface area contributed by atoms with E-state index in [2.05, 4.69) is 27.3 Å². The van der Waals surface area contributed by atoms with Gasteiger partial charge in [0.15, 0.2) is 0 Å². The van der Waals surface area contributed by atoms with Gasteiger partial charge in [0.25, 0.3) is 0 Å². The van der Waals surface area contributed by atoms with Gasteiger partial charge in [-0.1, -0.05) is 94.9 Å². The maximum absolute atomic E-state index is 14.0. The predicted molar refractivity (Wildman–Crippen MR) is 145 cm³/mol. The zero-order valence-corrected chi connectivity index (χ0v) is 22.8. The number of ether oxygens (including phenoxy) is 1. The van der Waals surface area contributed by atoms with Gasteiger partial charge in [-0.2, -0.15) is 0 Å². The minimum absolute atomic E-state index is 0.0346. The van der Waals surface area contributed by atoms with E-state index in [1.165, 1.54) is 12.1 Å². The minimum atomic E-state index is -3.99. The van der Waals surface area contributed by atoms with Gasteiger partial charge in [0.1, 0.15) is 12.6 Å². The number of imide groups is 1. The molecule has 0 aliphatic carbocycles. The van der Waals surface area contributed by atoms with Crippen LogP contribution in [-0.2, 0) is 19.6 Å². The van der Waals surface area contributed by atoms with Crippen molar-refractivity contribution in [2.45, 2.75) is 23.4 Å². The molecule has 4 rings (SSSR count). The lowest BCUT2D eigenvalue weighted by Gasteiger charge is -2.31. The molecule has 3 aromatic carbocycles. The van der Waals surface area contributed by atoms with Crippen molar-refractivity contribution in [2.24, 2.45) is 5.92 Å². The maximum Gasteiger partial charge on any atom is 0.417 e. The second-order valence-corrected chi connectivity index (χ2v) is 11.5. The fourth-order valence-corrected chi connectivity index (χ4v) is 6.29. The van der Waals surface area contributed by atoms with E-state index >= 15 is 0 Å². The van der Waals surface area contributed by atoms with E-state index in [0.29, 0.717) is 21.4 Å². The molecule has 3 aromatic rings. The summed E-state index contributed by atoms with van der Waals surface area (Å²) < 4.78 is 35.2. The molecule has 0 spiro atoms. The van der Waals surface area contributed by atoms with Crippen LogP contribution in [-0.4, -0.2) is 36.4 Å². The summed E-state index contributed by atoms with van der Waals surface area (Å²) in [6, 6.07) is 22.2. The van der Waals surface area contributed by atoms with Gasteiger partial charge in [-0.05, 0) is 41.8 Å². The van der Waals surface area contributed by atoms with E-state index in [0.717, 1.165) is 10.5 Å². The van der Waals surface area contributed by atoms with Gasteiger partial charge in [0.2, 0.25) is 15.9 Å². The lowest BCUT2D eigenvalue weighted by Crippen LogP contribution is -2.45. The Morgan fingerprint density at radius 1 is 1.03 bits per heavy atom. The Morgan fingerprint density at radius 3 is 2.25 bits per heavy atom. The van der Waals surface area contributed by atoms with Crippen LogP contribution in [0.2, 0.25) is 5.02 Å². The molecule has 1 fully saturated rings. The zero-order chi connectivity index (χ0) is 25.7. The summed E-state index contributed by atoms with van der Waals surface area (Å²) in [5, 5.41) is 0.479. The van der Waals surface area contributed by atoms with Crippen LogP contribution in [0.25, 0.3) is 0 Å². The molecule has 0 bridgehead atoms. The number of nitrogens with one attached hydrogen (secondary N) is 1. The lowest BCUT2D eigenvalue weighted by atomic mass is 9.89. The molecule has 0 unspecified atom stereocenters. The first-order valence-electron chi connectivity index (χ1n) is 11.3. The molecular weight excluding hydrogens is 615 g/mol. The van der Waals surface area contributed by atoms with E-state index in [1.54, 1.807) is 42.5 Å². The molecule has 1 heterocycles. The number of halogens is 2. The van der Waals surface area contributed by atoms with Gasteiger partial charge in [-0.3, -0.25) is 4.79 Å². The molecule has 188 valence electrons. The van der Waals surface area contributed by atoms with E-state index in [-0.39, 0.29) is 11.5 Å². The molecule has 7 nitrogen and oxygen atoms in total. The van der Waals surface area contributed by atoms with Crippen molar-refractivity contribution in [3.63, 3.8) is 0 Å². The van der Waals surface area contributed by atoms with Gasteiger partial charge in [-0.15, -0.1) is 0 Å². The minimum Gasteiger partial charge on any atom is -0.446 e. The van der Waals surface area contributed by atoms with Crippen LogP contribution in [0.5, 0.6) is 0 Å².